The number of hydrogen-bond donors (Lipinski definition) is 1. The molecule has 0 amide bonds. The van der Waals surface area contributed by atoms with Crippen LogP contribution in [0.2, 0.25) is 0 Å². The summed E-state index contributed by atoms with van der Waals surface area (Å²) in [5.41, 5.74) is 0. The van der Waals surface area contributed by atoms with Crippen molar-refractivity contribution in [2.24, 2.45) is 0 Å². The minimum absolute atomic E-state index is 0.921. The van der Waals surface area contributed by atoms with Crippen LogP contribution in [0.5, 0.6) is 0 Å². The fraction of sp³-hybridized carbons (Fsp3) is 0. The maximum absolute atomic E-state index is 3.81. The minimum Gasteiger partial charge on any atom is -0.302 e. The van der Waals surface area contributed by atoms with Crippen LogP contribution in [-0.4, -0.2) is 9.59 Å². The van der Waals surface area contributed by atoms with E-state index in [-0.39, 0.29) is 0 Å². The van der Waals surface area contributed by atoms with Crippen molar-refractivity contribution in [1.29, 1.82) is 0 Å². The number of rotatable bonds is 0. The Kier molecular flexibility index (Phi) is 1.09. The van der Waals surface area contributed by atoms with E-state index in [2.05, 4.69) is 14.3 Å². The summed E-state index contributed by atoms with van der Waals surface area (Å²) in [6, 6.07) is 0. The highest BCUT2D eigenvalue weighted by Gasteiger charge is 2.14. The first-order valence-corrected chi connectivity index (χ1v) is 4.81. The van der Waals surface area contributed by atoms with Crippen LogP contribution >= 0.6 is 33.3 Å². The molecule has 0 fully saturated rings. The molecule has 0 saturated heterocycles. The second-order valence-corrected chi connectivity index (χ2v) is 4.14. The average Bonchev–Trinajstić information content (AvgIpc) is 2.15. The van der Waals surface area contributed by atoms with E-state index in [9.17, 15) is 0 Å². The van der Waals surface area contributed by atoms with Crippen molar-refractivity contribution in [3.63, 3.8) is 0 Å². The SMILES string of the molecule is n1nc2c(s1)SSN2. The molecule has 1 N–H and O–H groups in total. The maximum Gasteiger partial charge on any atom is 0.186 e. The Bertz CT molecular complexity index is 178. The molecule has 0 saturated carbocycles. The highest BCUT2D eigenvalue weighted by molar-refractivity contribution is 8.78. The highest BCUT2D eigenvalue weighted by Crippen LogP contribution is 2.44. The first kappa shape index (κ1) is 4.89. The number of nitrogens with one attached hydrogen (secondary N) is 1. The zero-order chi connectivity index (χ0) is 5.40. The molecule has 0 aromatic carbocycles. The molecule has 0 radical (unpaired) electrons. The molecule has 3 nitrogen and oxygen atoms in total. The lowest BCUT2D eigenvalue weighted by atomic mass is 10.9. The molecule has 0 bridgehead atoms. The predicted octanol–water partition coefficient (Wildman–Crippen LogP) is 1.62. The molecule has 0 spiro atoms. The molecular formula is C2HN3S3. The van der Waals surface area contributed by atoms with Crippen molar-refractivity contribution in [2.45, 2.75) is 4.21 Å². The molecule has 0 aliphatic carbocycles. The Morgan fingerprint density at radius 1 is 1.50 bits per heavy atom. The van der Waals surface area contributed by atoms with E-state index in [1.54, 1.807) is 21.8 Å². The van der Waals surface area contributed by atoms with E-state index in [4.69, 9.17) is 0 Å². The van der Waals surface area contributed by atoms with Gasteiger partial charge in [0, 0.05) is 11.0 Å². The fourth-order valence-electron chi connectivity index (χ4n) is 0.397. The fourth-order valence-corrected chi connectivity index (χ4v) is 3.04. The Hall–Kier alpha value is 0.0600. The summed E-state index contributed by atoms with van der Waals surface area (Å²) >= 11 is 1.43. The van der Waals surface area contributed by atoms with Crippen molar-refractivity contribution in [3.8, 4) is 0 Å². The van der Waals surface area contributed by atoms with Crippen molar-refractivity contribution in [1.82, 2.24) is 9.59 Å². The lowest BCUT2D eigenvalue weighted by molar-refractivity contribution is 1.16. The highest BCUT2D eigenvalue weighted by atomic mass is 33.1. The van der Waals surface area contributed by atoms with E-state index >= 15 is 0 Å². The Morgan fingerprint density at radius 3 is 3.38 bits per heavy atom. The van der Waals surface area contributed by atoms with Gasteiger partial charge in [0.15, 0.2) is 5.82 Å². The summed E-state index contributed by atoms with van der Waals surface area (Å²) in [6.07, 6.45) is 0. The Balaban J connectivity index is 2.54. The van der Waals surface area contributed by atoms with Crippen molar-refractivity contribution in [2.75, 3.05) is 4.72 Å². The van der Waals surface area contributed by atoms with Gasteiger partial charge in [-0.3, -0.25) is 0 Å². The maximum atomic E-state index is 3.81. The lowest BCUT2D eigenvalue weighted by Gasteiger charge is -1.80. The monoisotopic (exact) mass is 163 g/mol. The summed E-state index contributed by atoms with van der Waals surface area (Å²) in [5.74, 6) is 0.921. The van der Waals surface area contributed by atoms with Gasteiger partial charge in [-0.25, -0.2) is 0 Å². The van der Waals surface area contributed by atoms with Gasteiger partial charge in [-0.05, 0) is 22.3 Å². The van der Waals surface area contributed by atoms with Gasteiger partial charge < -0.3 is 4.72 Å². The number of nitrogens with zero attached hydrogens (tertiary/aromatic N) is 2. The van der Waals surface area contributed by atoms with Crippen LogP contribution < -0.4 is 4.72 Å². The van der Waals surface area contributed by atoms with Gasteiger partial charge in [-0.1, -0.05) is 4.49 Å². The summed E-state index contributed by atoms with van der Waals surface area (Å²) in [4.78, 5) is 0. The van der Waals surface area contributed by atoms with Crippen molar-refractivity contribution >= 4 is 39.1 Å². The van der Waals surface area contributed by atoms with E-state index in [0.29, 0.717) is 0 Å². The summed E-state index contributed by atoms with van der Waals surface area (Å²) in [5, 5.41) is 3.81. The van der Waals surface area contributed by atoms with E-state index in [1.165, 1.54) is 15.7 Å². The van der Waals surface area contributed by atoms with Crippen LogP contribution in [0.3, 0.4) is 0 Å². The van der Waals surface area contributed by atoms with Gasteiger partial charge in [-0.15, -0.1) is 5.10 Å². The second kappa shape index (κ2) is 1.78. The topological polar surface area (TPSA) is 37.8 Å². The molecule has 1 aromatic rings. The second-order valence-electron chi connectivity index (χ2n) is 1.18. The van der Waals surface area contributed by atoms with Crippen LogP contribution in [0.4, 0.5) is 5.82 Å². The van der Waals surface area contributed by atoms with Crippen LogP contribution in [0.1, 0.15) is 0 Å². The minimum atomic E-state index is 0.921. The normalized spacial score (nSPS) is 15.5. The van der Waals surface area contributed by atoms with Gasteiger partial charge in [-0.2, -0.15) is 0 Å². The molecule has 1 aromatic heterocycles. The van der Waals surface area contributed by atoms with E-state index in [1.807, 2.05) is 0 Å². The van der Waals surface area contributed by atoms with Gasteiger partial charge in [0.25, 0.3) is 0 Å². The van der Waals surface area contributed by atoms with Crippen LogP contribution in [-0.2, 0) is 0 Å². The zero-order valence-corrected chi connectivity index (χ0v) is 6.07. The van der Waals surface area contributed by atoms with E-state index in [0.717, 1.165) is 5.82 Å². The van der Waals surface area contributed by atoms with Crippen LogP contribution in [0.15, 0.2) is 4.21 Å². The molecule has 1 aliphatic rings. The molecule has 8 heavy (non-hydrogen) atoms. The summed E-state index contributed by atoms with van der Waals surface area (Å²) < 4.78 is 7.91. The van der Waals surface area contributed by atoms with E-state index < -0.39 is 0 Å². The molecule has 6 heteroatoms. The van der Waals surface area contributed by atoms with Crippen molar-refractivity contribution in [3.05, 3.63) is 0 Å². The third-order valence-corrected chi connectivity index (χ3v) is 3.73. The summed E-state index contributed by atoms with van der Waals surface area (Å²) in [6.45, 7) is 0. The largest absolute Gasteiger partial charge is 0.302 e. The third-order valence-electron chi connectivity index (χ3n) is 0.714. The standard InChI is InChI=1S/C2HN3S3/c3-1-2(6-5-3)7-8-4-1/h4H. The zero-order valence-electron chi connectivity index (χ0n) is 3.62. The number of aromatic nitrogens is 2. The molecule has 1 aliphatic heterocycles. The van der Waals surface area contributed by atoms with Crippen molar-refractivity contribution < 1.29 is 0 Å². The quantitative estimate of drug-likeness (QED) is 0.464. The number of hydrogen-bond acceptors (Lipinski definition) is 6. The van der Waals surface area contributed by atoms with Gasteiger partial charge in [0.05, 0.1) is 0 Å². The smallest absolute Gasteiger partial charge is 0.186 e. The predicted molar refractivity (Wildman–Crippen MR) is 37.0 cm³/mol. The van der Waals surface area contributed by atoms with Crippen LogP contribution in [0, 0.1) is 0 Å². The van der Waals surface area contributed by atoms with Crippen LogP contribution in [0.25, 0.3) is 0 Å². The molecule has 2 rings (SSSR count). The Morgan fingerprint density at radius 2 is 2.50 bits per heavy atom. The average molecular weight is 163 g/mol. The Labute approximate surface area is 57.9 Å². The third kappa shape index (κ3) is 0.602. The lowest BCUT2D eigenvalue weighted by Crippen LogP contribution is -1.77. The molecule has 42 valence electrons. The molecule has 0 unspecified atom stereocenters. The molecular weight excluding hydrogens is 162 g/mol. The number of anilines is 1. The first-order valence-electron chi connectivity index (χ1n) is 1.89. The first-order chi connectivity index (χ1) is 3.97. The molecule has 0 atom stereocenters. The summed E-state index contributed by atoms with van der Waals surface area (Å²) in [7, 11) is 3.26. The van der Waals surface area contributed by atoms with Gasteiger partial charge in [0.2, 0.25) is 0 Å². The number of fused-ring (bicyclic) bond motifs is 1. The van der Waals surface area contributed by atoms with Gasteiger partial charge >= 0.3 is 0 Å². The van der Waals surface area contributed by atoms with Gasteiger partial charge in [0.1, 0.15) is 4.21 Å². The molecule has 2 heterocycles.